The molecule has 26 heavy (non-hydrogen) atoms. The average molecular weight is 353 g/mol. The Morgan fingerprint density at radius 2 is 1.85 bits per heavy atom. The molecule has 2 atom stereocenters. The second-order valence-electron chi connectivity index (χ2n) is 6.25. The van der Waals surface area contributed by atoms with E-state index in [2.05, 4.69) is 5.32 Å². The lowest BCUT2D eigenvalue weighted by Gasteiger charge is -2.19. The van der Waals surface area contributed by atoms with Crippen molar-refractivity contribution in [2.75, 3.05) is 5.32 Å². The third-order valence-electron chi connectivity index (χ3n) is 4.24. The zero-order chi connectivity index (χ0) is 18.4. The molecular formula is C21H20FNO3. The fraction of sp³-hybridized carbons (Fsp3) is 0.238. The van der Waals surface area contributed by atoms with Gasteiger partial charge in [-0.2, -0.15) is 0 Å². The van der Waals surface area contributed by atoms with Crippen molar-refractivity contribution in [2.24, 2.45) is 5.92 Å². The van der Waals surface area contributed by atoms with Crippen LogP contribution in [0.1, 0.15) is 30.9 Å². The van der Waals surface area contributed by atoms with E-state index in [0.29, 0.717) is 11.3 Å². The van der Waals surface area contributed by atoms with Gasteiger partial charge in [0.25, 0.3) is 5.91 Å². The Morgan fingerprint density at radius 3 is 2.50 bits per heavy atom. The largest absolute Gasteiger partial charge is 0.447 e. The van der Waals surface area contributed by atoms with Crippen molar-refractivity contribution < 1.29 is 18.7 Å². The van der Waals surface area contributed by atoms with Crippen molar-refractivity contribution in [2.45, 2.75) is 25.4 Å². The summed E-state index contributed by atoms with van der Waals surface area (Å²) in [6.45, 7) is 0. The number of ether oxygens (including phenoxy) is 1. The highest BCUT2D eigenvalue weighted by molar-refractivity contribution is 5.96. The molecule has 1 aliphatic rings. The highest BCUT2D eigenvalue weighted by Gasteiger charge is 2.26. The van der Waals surface area contributed by atoms with Gasteiger partial charge in [0.1, 0.15) is 5.82 Å². The van der Waals surface area contributed by atoms with E-state index in [9.17, 15) is 14.0 Å². The molecule has 2 aromatic carbocycles. The van der Waals surface area contributed by atoms with Crippen LogP contribution in [0.15, 0.2) is 66.7 Å². The van der Waals surface area contributed by atoms with Crippen molar-refractivity contribution in [3.05, 3.63) is 78.1 Å². The second-order valence-corrected chi connectivity index (χ2v) is 6.25. The SMILES string of the molecule is O=C(C[C@@H]1C=CCC1)O[C@H](C(=O)Nc1ccc(F)cc1)c1ccccc1. The lowest BCUT2D eigenvalue weighted by Crippen LogP contribution is -2.26. The van der Waals surface area contributed by atoms with E-state index in [1.807, 2.05) is 18.2 Å². The fourth-order valence-electron chi connectivity index (χ4n) is 2.90. The molecule has 0 saturated carbocycles. The topological polar surface area (TPSA) is 55.4 Å². The third kappa shape index (κ3) is 4.79. The molecule has 2 aromatic rings. The van der Waals surface area contributed by atoms with Gasteiger partial charge >= 0.3 is 5.97 Å². The van der Waals surface area contributed by atoms with Crippen LogP contribution in [0, 0.1) is 11.7 Å². The van der Waals surface area contributed by atoms with Crippen LogP contribution in [0.3, 0.4) is 0 Å². The van der Waals surface area contributed by atoms with Crippen LogP contribution in [0.2, 0.25) is 0 Å². The van der Waals surface area contributed by atoms with Gasteiger partial charge in [0, 0.05) is 11.3 Å². The van der Waals surface area contributed by atoms with Crippen LogP contribution in [0.5, 0.6) is 0 Å². The summed E-state index contributed by atoms with van der Waals surface area (Å²) in [6, 6.07) is 14.3. The molecule has 1 aliphatic carbocycles. The first-order valence-corrected chi connectivity index (χ1v) is 8.59. The smallest absolute Gasteiger partial charge is 0.307 e. The Kier molecular flexibility index (Phi) is 5.79. The molecule has 0 saturated heterocycles. The minimum atomic E-state index is -1.06. The standard InChI is InChI=1S/C21H20FNO3/c22-17-10-12-18(13-11-17)23-21(25)20(16-8-2-1-3-9-16)26-19(24)14-15-6-4-5-7-15/h1-4,6,8-13,15,20H,5,7,14H2,(H,23,25)/t15-,20+/m1/s1. The Bertz CT molecular complexity index is 787. The Hall–Kier alpha value is -2.95. The highest BCUT2D eigenvalue weighted by Crippen LogP contribution is 2.25. The van der Waals surface area contributed by atoms with Crippen LogP contribution < -0.4 is 5.32 Å². The summed E-state index contributed by atoms with van der Waals surface area (Å²) >= 11 is 0. The van der Waals surface area contributed by atoms with E-state index in [1.54, 1.807) is 24.3 Å². The normalized spacial score (nSPS) is 16.9. The lowest BCUT2D eigenvalue weighted by atomic mass is 10.1. The first-order chi connectivity index (χ1) is 12.6. The maximum atomic E-state index is 13.0. The number of allylic oxidation sites excluding steroid dienone is 2. The molecule has 0 aromatic heterocycles. The maximum absolute atomic E-state index is 13.0. The number of anilines is 1. The number of esters is 1. The van der Waals surface area contributed by atoms with Crippen LogP contribution in [0.25, 0.3) is 0 Å². The second kappa shape index (κ2) is 8.43. The summed E-state index contributed by atoms with van der Waals surface area (Å²) in [5.74, 6) is -1.11. The van der Waals surface area contributed by atoms with Crippen molar-refractivity contribution >= 4 is 17.6 Å². The molecule has 0 heterocycles. The first-order valence-electron chi connectivity index (χ1n) is 8.59. The van der Waals surface area contributed by atoms with E-state index in [-0.39, 0.29) is 12.3 Å². The minimum absolute atomic E-state index is 0.166. The number of hydrogen-bond donors (Lipinski definition) is 1. The summed E-state index contributed by atoms with van der Waals surface area (Å²) in [4.78, 5) is 25.0. The van der Waals surface area contributed by atoms with Crippen molar-refractivity contribution in [1.82, 2.24) is 0 Å². The number of amides is 1. The van der Waals surface area contributed by atoms with Crippen molar-refractivity contribution in [3.63, 3.8) is 0 Å². The van der Waals surface area contributed by atoms with E-state index < -0.39 is 23.8 Å². The summed E-state index contributed by atoms with van der Waals surface area (Å²) < 4.78 is 18.5. The number of rotatable bonds is 6. The molecule has 1 amide bonds. The Labute approximate surface area is 151 Å². The number of hydrogen-bond acceptors (Lipinski definition) is 3. The minimum Gasteiger partial charge on any atom is -0.447 e. The summed E-state index contributed by atoms with van der Waals surface area (Å²) in [6.07, 6.45) is 5.14. The number of carbonyl (C=O) groups excluding carboxylic acids is 2. The zero-order valence-corrected chi connectivity index (χ0v) is 14.2. The van der Waals surface area contributed by atoms with Gasteiger partial charge in [-0.3, -0.25) is 9.59 Å². The quantitative estimate of drug-likeness (QED) is 0.618. The average Bonchev–Trinajstić information content (AvgIpc) is 3.15. The molecule has 0 bridgehead atoms. The molecule has 3 rings (SSSR count). The molecule has 1 N–H and O–H groups in total. The maximum Gasteiger partial charge on any atom is 0.307 e. The van der Waals surface area contributed by atoms with Crippen LogP contribution in [-0.4, -0.2) is 11.9 Å². The van der Waals surface area contributed by atoms with Gasteiger partial charge in [-0.15, -0.1) is 0 Å². The monoisotopic (exact) mass is 353 g/mol. The van der Waals surface area contributed by atoms with Gasteiger partial charge < -0.3 is 10.1 Å². The van der Waals surface area contributed by atoms with Crippen LogP contribution in [0.4, 0.5) is 10.1 Å². The number of nitrogens with one attached hydrogen (secondary N) is 1. The predicted molar refractivity (Wildman–Crippen MR) is 96.8 cm³/mol. The summed E-state index contributed by atoms with van der Waals surface area (Å²) in [7, 11) is 0. The molecule has 0 fully saturated rings. The van der Waals surface area contributed by atoms with Gasteiger partial charge in [-0.05, 0) is 43.0 Å². The highest BCUT2D eigenvalue weighted by atomic mass is 19.1. The van der Waals surface area contributed by atoms with Crippen molar-refractivity contribution in [1.29, 1.82) is 0 Å². The Morgan fingerprint density at radius 1 is 1.12 bits per heavy atom. The zero-order valence-electron chi connectivity index (χ0n) is 14.2. The Balaban J connectivity index is 1.72. The van der Waals surface area contributed by atoms with Gasteiger partial charge in [-0.1, -0.05) is 42.5 Å². The van der Waals surface area contributed by atoms with E-state index in [1.165, 1.54) is 24.3 Å². The number of carbonyl (C=O) groups is 2. The van der Waals surface area contributed by atoms with E-state index in [0.717, 1.165) is 12.8 Å². The lowest BCUT2D eigenvalue weighted by molar-refractivity contribution is -0.155. The molecule has 0 spiro atoms. The number of benzene rings is 2. The third-order valence-corrected chi connectivity index (χ3v) is 4.24. The van der Waals surface area contributed by atoms with Gasteiger partial charge in [0.05, 0.1) is 6.42 Å². The first kappa shape index (κ1) is 17.9. The van der Waals surface area contributed by atoms with Gasteiger partial charge in [0.15, 0.2) is 0 Å². The number of halogens is 1. The van der Waals surface area contributed by atoms with Gasteiger partial charge in [-0.25, -0.2) is 4.39 Å². The summed E-state index contributed by atoms with van der Waals surface area (Å²) in [5, 5.41) is 2.67. The molecule has 0 radical (unpaired) electrons. The molecule has 5 heteroatoms. The van der Waals surface area contributed by atoms with Crippen molar-refractivity contribution in [3.8, 4) is 0 Å². The van der Waals surface area contributed by atoms with Gasteiger partial charge in [0.2, 0.25) is 6.10 Å². The molecular weight excluding hydrogens is 333 g/mol. The predicted octanol–water partition coefficient (Wildman–Crippen LogP) is 4.41. The fourth-order valence-corrected chi connectivity index (χ4v) is 2.90. The molecule has 4 nitrogen and oxygen atoms in total. The molecule has 0 aliphatic heterocycles. The molecule has 134 valence electrons. The van der Waals surface area contributed by atoms with E-state index >= 15 is 0 Å². The molecule has 0 unspecified atom stereocenters. The van der Waals surface area contributed by atoms with E-state index in [4.69, 9.17) is 4.74 Å². The van der Waals surface area contributed by atoms with Crippen LogP contribution in [-0.2, 0) is 14.3 Å². The summed E-state index contributed by atoms with van der Waals surface area (Å²) in [5.41, 5.74) is 1.02. The van der Waals surface area contributed by atoms with Crippen LogP contribution >= 0.6 is 0 Å².